The van der Waals surface area contributed by atoms with Crippen molar-refractivity contribution < 1.29 is 14.4 Å². The number of nitro groups is 1. The highest BCUT2D eigenvalue weighted by molar-refractivity contribution is 5.72. The first-order valence-electron chi connectivity index (χ1n) is 8.21. The SMILES string of the molecule is O=[N+]([O-])c1cccc2c1OC1(C=C2)c2ccccc2Oc2ccccc21. The van der Waals surface area contributed by atoms with Crippen LogP contribution in [0, 0.1) is 10.1 Å². The van der Waals surface area contributed by atoms with Gasteiger partial charge in [0.2, 0.25) is 5.75 Å². The standard InChI is InChI=1S/C21H13NO4/c23-22(24)17-9-5-6-14-12-13-21(26-20(14)17)15-7-1-3-10-18(15)25-19-11-4-2-8-16(19)21/h1-13H. The van der Waals surface area contributed by atoms with E-state index in [1.807, 2.05) is 66.7 Å². The molecule has 1 spiro atoms. The van der Waals surface area contributed by atoms with Crippen molar-refractivity contribution in [2.45, 2.75) is 5.60 Å². The molecular weight excluding hydrogens is 330 g/mol. The summed E-state index contributed by atoms with van der Waals surface area (Å²) in [7, 11) is 0. The molecule has 5 heteroatoms. The van der Waals surface area contributed by atoms with E-state index in [9.17, 15) is 10.1 Å². The fourth-order valence-corrected chi connectivity index (χ4v) is 3.61. The molecular formula is C21H13NO4. The van der Waals surface area contributed by atoms with Crippen LogP contribution < -0.4 is 9.47 Å². The molecule has 0 atom stereocenters. The largest absolute Gasteiger partial charge is 0.465 e. The van der Waals surface area contributed by atoms with Crippen LogP contribution in [0.1, 0.15) is 16.7 Å². The number of nitro benzene ring substituents is 1. The summed E-state index contributed by atoms with van der Waals surface area (Å²) >= 11 is 0. The first-order chi connectivity index (χ1) is 12.7. The van der Waals surface area contributed by atoms with Crippen LogP contribution in [0.15, 0.2) is 72.8 Å². The summed E-state index contributed by atoms with van der Waals surface area (Å²) in [6.07, 6.45) is 3.82. The Labute approximate surface area is 149 Å². The second-order valence-corrected chi connectivity index (χ2v) is 6.22. The Morgan fingerprint density at radius 1 is 0.846 bits per heavy atom. The van der Waals surface area contributed by atoms with E-state index in [-0.39, 0.29) is 11.4 Å². The lowest BCUT2D eigenvalue weighted by molar-refractivity contribution is -0.386. The zero-order chi connectivity index (χ0) is 17.7. The molecule has 2 heterocycles. The number of benzene rings is 3. The molecule has 2 aliphatic rings. The molecule has 5 rings (SSSR count). The molecule has 0 aliphatic carbocycles. The van der Waals surface area contributed by atoms with Gasteiger partial charge in [-0.15, -0.1) is 0 Å². The third kappa shape index (κ3) is 1.91. The normalized spacial score (nSPS) is 15.2. The van der Waals surface area contributed by atoms with E-state index in [1.54, 1.807) is 6.07 Å². The quantitative estimate of drug-likeness (QED) is 0.458. The summed E-state index contributed by atoms with van der Waals surface area (Å²) < 4.78 is 12.4. The number of nitrogens with zero attached hydrogens (tertiary/aromatic N) is 1. The van der Waals surface area contributed by atoms with Gasteiger partial charge in [-0.1, -0.05) is 54.6 Å². The van der Waals surface area contributed by atoms with E-state index in [4.69, 9.17) is 9.47 Å². The summed E-state index contributed by atoms with van der Waals surface area (Å²) in [5.74, 6) is 1.63. The van der Waals surface area contributed by atoms with Crippen LogP contribution in [0.4, 0.5) is 5.69 Å². The third-order valence-corrected chi connectivity index (χ3v) is 4.78. The third-order valence-electron chi connectivity index (χ3n) is 4.78. The summed E-state index contributed by atoms with van der Waals surface area (Å²) in [6, 6.07) is 20.1. The predicted molar refractivity (Wildman–Crippen MR) is 96.5 cm³/mol. The van der Waals surface area contributed by atoms with E-state index >= 15 is 0 Å². The monoisotopic (exact) mass is 343 g/mol. The Kier molecular flexibility index (Phi) is 2.94. The van der Waals surface area contributed by atoms with Gasteiger partial charge in [0.05, 0.1) is 4.92 Å². The van der Waals surface area contributed by atoms with Gasteiger partial charge in [0.15, 0.2) is 5.60 Å². The molecule has 0 saturated heterocycles. The van der Waals surface area contributed by atoms with E-state index in [2.05, 4.69) is 0 Å². The first-order valence-corrected chi connectivity index (χ1v) is 8.21. The Morgan fingerprint density at radius 3 is 2.15 bits per heavy atom. The molecule has 0 saturated carbocycles. The minimum absolute atomic E-state index is 0.0484. The molecule has 0 N–H and O–H groups in total. The smallest absolute Gasteiger partial charge is 0.311 e. The predicted octanol–water partition coefficient (Wildman–Crippen LogP) is 5.05. The van der Waals surface area contributed by atoms with Crippen LogP contribution in [-0.2, 0) is 5.60 Å². The fourth-order valence-electron chi connectivity index (χ4n) is 3.61. The van der Waals surface area contributed by atoms with Crippen LogP contribution in [-0.4, -0.2) is 4.92 Å². The average molecular weight is 343 g/mol. The van der Waals surface area contributed by atoms with E-state index in [0.717, 1.165) is 11.1 Å². The Bertz CT molecular complexity index is 1040. The molecule has 0 bridgehead atoms. The van der Waals surface area contributed by atoms with Crippen LogP contribution in [0.25, 0.3) is 6.08 Å². The molecule has 0 aromatic heterocycles. The Morgan fingerprint density at radius 2 is 1.50 bits per heavy atom. The topological polar surface area (TPSA) is 61.6 Å². The van der Waals surface area contributed by atoms with Crippen molar-refractivity contribution in [2.24, 2.45) is 0 Å². The van der Waals surface area contributed by atoms with Gasteiger partial charge in [0.1, 0.15) is 11.5 Å². The summed E-state index contributed by atoms with van der Waals surface area (Å²) in [6.45, 7) is 0. The molecule has 0 fully saturated rings. The first kappa shape index (κ1) is 14.7. The molecule has 3 aromatic rings. The second kappa shape index (κ2) is 5.20. The van der Waals surface area contributed by atoms with Crippen molar-refractivity contribution in [2.75, 3.05) is 0 Å². The lowest BCUT2D eigenvalue weighted by Crippen LogP contribution is -2.37. The Hall–Kier alpha value is -3.60. The van der Waals surface area contributed by atoms with Crippen molar-refractivity contribution in [1.82, 2.24) is 0 Å². The van der Waals surface area contributed by atoms with Gasteiger partial charge in [-0.3, -0.25) is 10.1 Å². The fraction of sp³-hybridized carbons (Fsp3) is 0.0476. The van der Waals surface area contributed by atoms with Gasteiger partial charge < -0.3 is 9.47 Å². The highest BCUT2D eigenvalue weighted by atomic mass is 16.6. The molecule has 126 valence electrons. The van der Waals surface area contributed by atoms with E-state index in [0.29, 0.717) is 17.1 Å². The summed E-state index contributed by atoms with van der Waals surface area (Å²) in [4.78, 5) is 11.1. The maximum Gasteiger partial charge on any atom is 0.311 e. The van der Waals surface area contributed by atoms with Crippen LogP contribution in [0.3, 0.4) is 0 Å². The summed E-state index contributed by atoms with van der Waals surface area (Å²) in [5, 5.41) is 11.5. The van der Waals surface area contributed by atoms with E-state index < -0.39 is 10.5 Å². The van der Waals surface area contributed by atoms with Gasteiger partial charge in [0, 0.05) is 22.8 Å². The number of rotatable bonds is 1. The van der Waals surface area contributed by atoms with Crippen molar-refractivity contribution in [3.8, 4) is 17.2 Å². The molecule has 0 unspecified atom stereocenters. The Balaban J connectivity index is 1.80. The van der Waals surface area contributed by atoms with Crippen LogP contribution in [0.5, 0.6) is 17.2 Å². The summed E-state index contributed by atoms with van der Waals surface area (Å²) in [5.41, 5.74) is 1.31. The molecule has 2 aliphatic heterocycles. The van der Waals surface area contributed by atoms with Crippen molar-refractivity contribution >= 4 is 11.8 Å². The zero-order valence-electron chi connectivity index (χ0n) is 13.6. The average Bonchev–Trinajstić information content (AvgIpc) is 2.68. The number of para-hydroxylation sites is 3. The van der Waals surface area contributed by atoms with Gasteiger partial charge >= 0.3 is 5.69 Å². The minimum Gasteiger partial charge on any atom is -0.465 e. The molecule has 0 amide bonds. The molecule has 26 heavy (non-hydrogen) atoms. The minimum atomic E-state index is -0.968. The maximum absolute atomic E-state index is 11.5. The van der Waals surface area contributed by atoms with Gasteiger partial charge in [-0.05, 0) is 18.2 Å². The lowest BCUT2D eigenvalue weighted by Gasteiger charge is -2.39. The molecule has 0 radical (unpaired) electrons. The van der Waals surface area contributed by atoms with Crippen molar-refractivity contribution in [3.63, 3.8) is 0 Å². The number of ether oxygens (including phenoxy) is 2. The van der Waals surface area contributed by atoms with Gasteiger partial charge in [-0.25, -0.2) is 0 Å². The highest BCUT2D eigenvalue weighted by Crippen LogP contribution is 2.53. The molecule has 5 nitrogen and oxygen atoms in total. The van der Waals surface area contributed by atoms with E-state index in [1.165, 1.54) is 6.07 Å². The number of fused-ring (bicyclic) bond motifs is 5. The number of hydrogen-bond donors (Lipinski definition) is 0. The molecule has 3 aromatic carbocycles. The zero-order valence-corrected chi connectivity index (χ0v) is 13.6. The highest BCUT2D eigenvalue weighted by Gasteiger charge is 2.45. The van der Waals surface area contributed by atoms with Gasteiger partial charge in [-0.2, -0.15) is 0 Å². The van der Waals surface area contributed by atoms with Crippen molar-refractivity contribution in [3.05, 3.63) is 99.6 Å². The number of hydrogen-bond acceptors (Lipinski definition) is 4. The van der Waals surface area contributed by atoms with Gasteiger partial charge in [0.25, 0.3) is 0 Å². The van der Waals surface area contributed by atoms with Crippen LogP contribution in [0.2, 0.25) is 0 Å². The lowest BCUT2D eigenvalue weighted by atomic mass is 9.81. The van der Waals surface area contributed by atoms with Crippen molar-refractivity contribution in [1.29, 1.82) is 0 Å². The van der Waals surface area contributed by atoms with Crippen LogP contribution >= 0.6 is 0 Å². The second-order valence-electron chi connectivity index (χ2n) is 6.22. The maximum atomic E-state index is 11.5.